The molecule has 1 saturated heterocycles. The molecule has 4 rings (SSSR count). The van der Waals surface area contributed by atoms with Crippen LogP contribution < -0.4 is 15.9 Å². The third-order valence-corrected chi connectivity index (χ3v) is 6.29. The Bertz CT molecular complexity index is 1030. The van der Waals surface area contributed by atoms with E-state index < -0.39 is 0 Å². The van der Waals surface area contributed by atoms with Gasteiger partial charge >= 0.3 is 0 Å². The number of nitrogens with two attached hydrogens (primary N) is 1. The molecule has 33 heavy (non-hydrogen) atoms. The minimum atomic E-state index is -0.153. The van der Waals surface area contributed by atoms with Crippen molar-refractivity contribution in [1.29, 1.82) is 0 Å². The molecule has 0 radical (unpaired) electrons. The van der Waals surface area contributed by atoms with Gasteiger partial charge in [0, 0.05) is 42.8 Å². The van der Waals surface area contributed by atoms with Crippen LogP contribution in [-0.2, 0) is 4.74 Å². The first-order valence-electron chi connectivity index (χ1n) is 11.1. The quantitative estimate of drug-likeness (QED) is 0.328. The number of hydrogen-bond donors (Lipinski definition) is 3. The molecule has 2 aromatic carbocycles. The zero-order valence-electron chi connectivity index (χ0n) is 18.7. The van der Waals surface area contributed by atoms with Gasteiger partial charge in [0.2, 0.25) is 0 Å². The average Bonchev–Trinajstić information content (AvgIpc) is 2.85. The first-order valence-corrected chi connectivity index (χ1v) is 11.5. The van der Waals surface area contributed by atoms with Crippen LogP contribution in [0.15, 0.2) is 65.3 Å². The second-order valence-corrected chi connectivity index (χ2v) is 8.74. The summed E-state index contributed by atoms with van der Waals surface area (Å²) in [5.41, 5.74) is 11.9. The molecule has 0 amide bonds. The lowest BCUT2D eigenvalue weighted by molar-refractivity contribution is 0.0333. The van der Waals surface area contributed by atoms with E-state index >= 15 is 0 Å². The first kappa shape index (κ1) is 23.2. The Morgan fingerprint density at radius 1 is 1.15 bits per heavy atom. The highest BCUT2D eigenvalue weighted by Crippen LogP contribution is 2.41. The Morgan fingerprint density at radius 2 is 1.85 bits per heavy atom. The minimum Gasteiger partial charge on any atom is -0.507 e. The van der Waals surface area contributed by atoms with Crippen LogP contribution in [-0.4, -0.2) is 60.3 Å². The first-order chi connectivity index (χ1) is 16.0. The van der Waals surface area contributed by atoms with Crippen molar-refractivity contribution in [2.45, 2.75) is 12.8 Å². The van der Waals surface area contributed by atoms with Crippen molar-refractivity contribution in [2.24, 2.45) is 16.8 Å². The number of nitrogens with zero attached hydrogens (tertiary/aromatic N) is 2. The van der Waals surface area contributed by atoms with Gasteiger partial charge in [0.15, 0.2) is 5.11 Å². The Balaban J connectivity index is 1.80. The molecule has 2 atom stereocenters. The number of aliphatic hydroxyl groups is 1. The number of nitrogens with one attached hydrogen (secondary N) is 1. The number of morpholine rings is 1. The maximum Gasteiger partial charge on any atom is 0.184 e. The van der Waals surface area contributed by atoms with Gasteiger partial charge in [0.1, 0.15) is 18.1 Å². The second-order valence-electron chi connectivity index (χ2n) is 8.30. The number of benzene rings is 2. The molecule has 2 heterocycles. The number of para-hydroxylation sites is 1. The van der Waals surface area contributed by atoms with Crippen LogP contribution in [0.3, 0.4) is 0 Å². The summed E-state index contributed by atoms with van der Waals surface area (Å²) in [5.74, 6) is 0.751. The summed E-state index contributed by atoms with van der Waals surface area (Å²) in [6.45, 7) is 6.12. The van der Waals surface area contributed by atoms with Gasteiger partial charge in [-0.3, -0.25) is 10.3 Å². The van der Waals surface area contributed by atoms with Crippen LogP contribution in [0.5, 0.6) is 5.75 Å². The normalized spacial score (nSPS) is 18.8. The molecule has 0 saturated carbocycles. The van der Waals surface area contributed by atoms with Crippen molar-refractivity contribution in [2.75, 3.05) is 39.5 Å². The summed E-state index contributed by atoms with van der Waals surface area (Å²) in [5, 5.41) is 16.0. The van der Waals surface area contributed by atoms with Crippen molar-refractivity contribution in [3.8, 4) is 5.75 Å². The van der Waals surface area contributed by atoms with Crippen LogP contribution in [0, 0.1) is 5.92 Å². The van der Waals surface area contributed by atoms with Gasteiger partial charge in [-0.05, 0) is 36.8 Å². The molecule has 2 aliphatic heterocycles. The number of ether oxygens (including phenoxy) is 2. The van der Waals surface area contributed by atoms with Crippen molar-refractivity contribution in [3.05, 3.63) is 71.3 Å². The lowest BCUT2D eigenvalue weighted by Gasteiger charge is -2.37. The number of aliphatic hydroxyl groups excluding tert-OH is 1. The molecule has 8 heteroatoms. The van der Waals surface area contributed by atoms with E-state index in [0.717, 1.165) is 36.5 Å². The second kappa shape index (κ2) is 10.8. The Morgan fingerprint density at radius 3 is 2.58 bits per heavy atom. The SMILES string of the molecule is C/C(=N/NC(N)=S)C(CN1CCOCC1)C(C1=C(O)c2ccccc2OC1)c1ccccc1. The molecule has 7 nitrogen and oxygen atoms in total. The topological polar surface area (TPSA) is 92.3 Å². The van der Waals surface area contributed by atoms with Crippen LogP contribution in [0.4, 0.5) is 0 Å². The van der Waals surface area contributed by atoms with E-state index in [1.54, 1.807) is 0 Å². The van der Waals surface area contributed by atoms with E-state index in [4.69, 9.17) is 27.4 Å². The molecule has 0 aliphatic carbocycles. The average molecular weight is 467 g/mol. The smallest absolute Gasteiger partial charge is 0.184 e. The molecular weight excluding hydrogens is 436 g/mol. The minimum absolute atomic E-state index is 0.0571. The monoisotopic (exact) mass is 466 g/mol. The summed E-state index contributed by atoms with van der Waals surface area (Å²) >= 11 is 4.97. The predicted octanol–water partition coefficient (Wildman–Crippen LogP) is 3.29. The fourth-order valence-electron chi connectivity index (χ4n) is 4.53. The third kappa shape index (κ3) is 5.52. The molecular formula is C25H30N4O3S. The predicted molar refractivity (Wildman–Crippen MR) is 134 cm³/mol. The summed E-state index contributed by atoms with van der Waals surface area (Å²) in [6, 6.07) is 17.8. The van der Waals surface area contributed by atoms with E-state index in [1.807, 2.05) is 49.4 Å². The molecule has 0 spiro atoms. The van der Waals surface area contributed by atoms with Crippen LogP contribution in [0.2, 0.25) is 0 Å². The van der Waals surface area contributed by atoms with Crippen LogP contribution >= 0.6 is 12.2 Å². The van der Waals surface area contributed by atoms with Gasteiger partial charge < -0.3 is 20.3 Å². The lowest BCUT2D eigenvalue weighted by atomic mass is 9.76. The van der Waals surface area contributed by atoms with Gasteiger partial charge in [-0.1, -0.05) is 42.5 Å². The fourth-order valence-corrected chi connectivity index (χ4v) is 4.57. The maximum absolute atomic E-state index is 11.4. The zero-order valence-corrected chi connectivity index (χ0v) is 19.6. The largest absolute Gasteiger partial charge is 0.507 e. The van der Waals surface area contributed by atoms with Crippen LogP contribution in [0.1, 0.15) is 24.0 Å². The zero-order chi connectivity index (χ0) is 23.2. The molecule has 2 aromatic rings. The molecule has 0 aromatic heterocycles. The molecule has 0 bridgehead atoms. The molecule has 2 unspecified atom stereocenters. The number of rotatable bonds is 7. The summed E-state index contributed by atoms with van der Waals surface area (Å²) in [7, 11) is 0. The standard InChI is InChI=1S/C25H30N4O3S/c1-17(27-28-25(26)33)20(15-29-11-13-31-14-12-29)23(18-7-3-2-4-8-18)21-16-32-22-10-6-5-9-19(22)24(21)30/h2-10,20,23,30H,11-16H2,1H3,(H3,26,28,33)/b27-17-. The van der Waals surface area contributed by atoms with E-state index in [9.17, 15) is 5.11 Å². The van der Waals surface area contributed by atoms with Crippen molar-refractivity contribution in [3.63, 3.8) is 0 Å². The Labute approximate surface area is 199 Å². The molecule has 4 N–H and O–H groups in total. The third-order valence-electron chi connectivity index (χ3n) is 6.20. The number of fused-ring (bicyclic) bond motifs is 1. The van der Waals surface area contributed by atoms with E-state index in [-0.39, 0.29) is 22.7 Å². The van der Waals surface area contributed by atoms with Gasteiger partial charge in [-0.15, -0.1) is 0 Å². The Hall–Kier alpha value is -2.94. The van der Waals surface area contributed by atoms with Gasteiger partial charge in [-0.25, -0.2) is 0 Å². The fraction of sp³-hybridized carbons (Fsp3) is 0.360. The summed E-state index contributed by atoms with van der Waals surface area (Å²) < 4.78 is 11.6. The van der Waals surface area contributed by atoms with Crippen molar-refractivity contribution < 1.29 is 14.6 Å². The van der Waals surface area contributed by atoms with Gasteiger partial charge in [-0.2, -0.15) is 5.10 Å². The Kier molecular flexibility index (Phi) is 7.59. The molecule has 2 aliphatic rings. The summed E-state index contributed by atoms with van der Waals surface area (Å²) in [6.07, 6.45) is 0. The molecule has 174 valence electrons. The van der Waals surface area contributed by atoms with E-state index in [1.165, 1.54) is 0 Å². The van der Waals surface area contributed by atoms with Gasteiger partial charge in [0.05, 0.1) is 18.8 Å². The van der Waals surface area contributed by atoms with Crippen molar-refractivity contribution in [1.82, 2.24) is 10.3 Å². The van der Waals surface area contributed by atoms with E-state index in [2.05, 4.69) is 27.6 Å². The summed E-state index contributed by atoms with van der Waals surface area (Å²) in [4.78, 5) is 2.37. The highest BCUT2D eigenvalue weighted by Gasteiger charge is 2.35. The number of thiocarbonyl (C=S) groups is 1. The highest BCUT2D eigenvalue weighted by atomic mass is 32.1. The number of hydrazone groups is 1. The number of hydrogen-bond acceptors (Lipinski definition) is 6. The highest BCUT2D eigenvalue weighted by molar-refractivity contribution is 7.80. The molecule has 1 fully saturated rings. The lowest BCUT2D eigenvalue weighted by Crippen LogP contribution is -2.43. The van der Waals surface area contributed by atoms with E-state index in [0.29, 0.717) is 31.1 Å². The van der Waals surface area contributed by atoms with Crippen LogP contribution in [0.25, 0.3) is 5.76 Å². The maximum atomic E-state index is 11.4. The van der Waals surface area contributed by atoms with Crippen molar-refractivity contribution >= 4 is 28.8 Å². The van der Waals surface area contributed by atoms with Gasteiger partial charge in [0.25, 0.3) is 0 Å².